The van der Waals surface area contributed by atoms with E-state index in [0.717, 1.165) is 6.07 Å². The van der Waals surface area contributed by atoms with Gasteiger partial charge in [0.15, 0.2) is 0 Å². The Morgan fingerprint density at radius 2 is 1.81 bits per heavy atom. The van der Waals surface area contributed by atoms with Gasteiger partial charge < -0.3 is 5.11 Å². The van der Waals surface area contributed by atoms with E-state index < -0.39 is 45.2 Å². The Labute approximate surface area is 119 Å². The van der Waals surface area contributed by atoms with E-state index >= 15 is 0 Å². The van der Waals surface area contributed by atoms with Gasteiger partial charge in [0.1, 0.15) is 0 Å². The fourth-order valence-corrected chi connectivity index (χ4v) is 2.58. The molecule has 0 spiro atoms. The van der Waals surface area contributed by atoms with E-state index in [-0.39, 0.29) is 0 Å². The Balaban J connectivity index is 3.24. The minimum atomic E-state index is -4.79. The first kappa shape index (κ1) is 17.2. The lowest BCUT2D eigenvalue weighted by atomic mass is 10.1. The standard InChI is InChI=1S/C11H13F3N2O4S/c1-6(2)15-21(19,20)16-9-4-7(10(17)18)3-8(5-9)11(12,13)14/h3-6,15-16H,1-2H3,(H,17,18). The summed E-state index contributed by atoms with van der Waals surface area (Å²) >= 11 is 0. The van der Waals surface area contributed by atoms with Gasteiger partial charge in [-0.3, -0.25) is 4.72 Å². The van der Waals surface area contributed by atoms with E-state index in [9.17, 15) is 26.4 Å². The molecule has 0 bridgehead atoms. The number of nitrogens with one attached hydrogen (secondary N) is 2. The van der Waals surface area contributed by atoms with Gasteiger partial charge in [0.05, 0.1) is 16.8 Å². The highest BCUT2D eigenvalue weighted by molar-refractivity contribution is 7.90. The third-order valence-corrected chi connectivity index (χ3v) is 3.44. The van der Waals surface area contributed by atoms with E-state index in [1.807, 2.05) is 4.72 Å². The van der Waals surface area contributed by atoms with Gasteiger partial charge >= 0.3 is 12.1 Å². The van der Waals surface area contributed by atoms with Crippen LogP contribution in [0.25, 0.3) is 0 Å². The number of anilines is 1. The molecule has 0 aromatic heterocycles. The van der Waals surface area contributed by atoms with Gasteiger partial charge in [0.2, 0.25) is 0 Å². The SMILES string of the molecule is CC(C)NS(=O)(=O)Nc1cc(C(=O)O)cc(C(F)(F)F)c1. The molecule has 0 saturated heterocycles. The van der Waals surface area contributed by atoms with Crippen LogP contribution in [0.3, 0.4) is 0 Å². The van der Waals surface area contributed by atoms with Crippen LogP contribution in [0.15, 0.2) is 18.2 Å². The van der Waals surface area contributed by atoms with E-state index in [1.54, 1.807) is 0 Å². The molecule has 0 heterocycles. The first-order valence-electron chi connectivity index (χ1n) is 5.66. The lowest BCUT2D eigenvalue weighted by Gasteiger charge is -2.14. The maximum atomic E-state index is 12.7. The molecule has 10 heteroatoms. The highest BCUT2D eigenvalue weighted by Crippen LogP contribution is 2.32. The van der Waals surface area contributed by atoms with Crippen molar-refractivity contribution in [2.75, 3.05) is 4.72 Å². The zero-order valence-electron chi connectivity index (χ0n) is 11.0. The quantitative estimate of drug-likeness (QED) is 0.772. The lowest BCUT2D eigenvalue weighted by Crippen LogP contribution is -2.35. The summed E-state index contributed by atoms with van der Waals surface area (Å²) in [6, 6.07) is 1.27. The predicted molar refractivity (Wildman–Crippen MR) is 69.2 cm³/mol. The molecule has 0 aliphatic heterocycles. The van der Waals surface area contributed by atoms with Crippen molar-refractivity contribution in [2.24, 2.45) is 0 Å². The van der Waals surface area contributed by atoms with Gasteiger partial charge in [-0.15, -0.1) is 0 Å². The number of rotatable bonds is 5. The molecule has 0 atom stereocenters. The molecule has 0 radical (unpaired) electrons. The average molecular weight is 326 g/mol. The molecule has 0 aliphatic carbocycles. The molecule has 0 fully saturated rings. The van der Waals surface area contributed by atoms with Gasteiger partial charge in [0.25, 0.3) is 10.2 Å². The van der Waals surface area contributed by atoms with Crippen molar-refractivity contribution >= 4 is 21.9 Å². The third kappa shape index (κ3) is 5.23. The van der Waals surface area contributed by atoms with E-state index in [2.05, 4.69) is 4.72 Å². The second-order valence-electron chi connectivity index (χ2n) is 4.48. The number of carboxylic acid groups (broad SMARTS) is 1. The van der Waals surface area contributed by atoms with Crippen molar-refractivity contribution in [2.45, 2.75) is 26.1 Å². The van der Waals surface area contributed by atoms with E-state index in [1.165, 1.54) is 13.8 Å². The number of carbonyl (C=O) groups is 1. The summed E-state index contributed by atoms with van der Waals surface area (Å²) in [5, 5.41) is 8.78. The second-order valence-corrected chi connectivity index (χ2v) is 5.93. The van der Waals surface area contributed by atoms with Crippen molar-refractivity contribution in [3.63, 3.8) is 0 Å². The van der Waals surface area contributed by atoms with Crippen molar-refractivity contribution in [3.05, 3.63) is 29.3 Å². The summed E-state index contributed by atoms with van der Waals surface area (Å²) in [5.41, 5.74) is -2.42. The Kier molecular flexibility index (Phi) is 4.84. The molecule has 3 N–H and O–H groups in total. The van der Waals surface area contributed by atoms with Gasteiger partial charge in [-0.2, -0.15) is 26.3 Å². The fraction of sp³-hybridized carbons (Fsp3) is 0.364. The number of hydrogen-bond donors (Lipinski definition) is 3. The van der Waals surface area contributed by atoms with Crippen molar-refractivity contribution in [3.8, 4) is 0 Å². The van der Waals surface area contributed by atoms with Crippen LogP contribution in [0.2, 0.25) is 0 Å². The number of hydrogen-bond acceptors (Lipinski definition) is 3. The van der Waals surface area contributed by atoms with Crippen molar-refractivity contribution < 1.29 is 31.5 Å². The average Bonchev–Trinajstić information content (AvgIpc) is 2.24. The van der Waals surface area contributed by atoms with Crippen LogP contribution in [-0.4, -0.2) is 25.5 Å². The molecule has 6 nitrogen and oxygen atoms in total. The smallest absolute Gasteiger partial charge is 0.416 e. The van der Waals surface area contributed by atoms with Crippen LogP contribution in [-0.2, 0) is 16.4 Å². The predicted octanol–water partition coefficient (Wildman–Crippen LogP) is 2.06. The fourth-order valence-electron chi connectivity index (χ4n) is 1.47. The molecule has 0 aliphatic rings. The Hall–Kier alpha value is -1.81. The van der Waals surface area contributed by atoms with E-state index in [4.69, 9.17) is 5.11 Å². The zero-order chi connectivity index (χ0) is 16.4. The highest BCUT2D eigenvalue weighted by Gasteiger charge is 2.32. The van der Waals surface area contributed by atoms with Gasteiger partial charge in [-0.05, 0) is 32.0 Å². The summed E-state index contributed by atoms with van der Waals surface area (Å²) in [6.45, 7) is 3.04. The molecule has 118 valence electrons. The van der Waals surface area contributed by atoms with Gasteiger partial charge in [-0.25, -0.2) is 4.79 Å². The summed E-state index contributed by atoms with van der Waals surface area (Å²) in [5.74, 6) is -1.60. The largest absolute Gasteiger partial charge is 0.478 e. The molecule has 0 unspecified atom stereocenters. The van der Waals surface area contributed by atoms with Crippen LogP contribution >= 0.6 is 0 Å². The van der Waals surface area contributed by atoms with Gasteiger partial charge in [-0.1, -0.05) is 0 Å². The molecule has 0 saturated carbocycles. The molecule has 1 rings (SSSR count). The molecule has 0 amide bonds. The van der Waals surface area contributed by atoms with Crippen molar-refractivity contribution in [1.29, 1.82) is 0 Å². The van der Waals surface area contributed by atoms with Gasteiger partial charge in [0, 0.05) is 6.04 Å². The number of carboxylic acids is 1. The summed E-state index contributed by atoms with van der Waals surface area (Å²) in [7, 11) is -4.10. The third-order valence-electron chi connectivity index (χ3n) is 2.15. The lowest BCUT2D eigenvalue weighted by molar-refractivity contribution is -0.137. The zero-order valence-corrected chi connectivity index (χ0v) is 11.8. The first-order chi connectivity index (χ1) is 9.40. The van der Waals surface area contributed by atoms with Crippen LogP contribution in [0.1, 0.15) is 29.8 Å². The number of alkyl halides is 3. The molecular formula is C11H13F3N2O4S. The number of benzene rings is 1. The van der Waals surface area contributed by atoms with E-state index in [0.29, 0.717) is 12.1 Å². The molecule has 21 heavy (non-hydrogen) atoms. The number of aromatic carboxylic acids is 1. The topological polar surface area (TPSA) is 95.5 Å². The first-order valence-corrected chi connectivity index (χ1v) is 7.14. The van der Waals surface area contributed by atoms with Crippen molar-refractivity contribution in [1.82, 2.24) is 4.72 Å². The second kappa shape index (κ2) is 5.90. The Bertz CT molecular complexity index is 641. The monoisotopic (exact) mass is 326 g/mol. The summed E-state index contributed by atoms with van der Waals surface area (Å²) < 4.78 is 65.2. The van der Waals surface area contributed by atoms with Crippen LogP contribution < -0.4 is 9.44 Å². The molecular weight excluding hydrogens is 313 g/mol. The number of halogens is 3. The minimum Gasteiger partial charge on any atom is -0.478 e. The molecule has 1 aromatic rings. The maximum Gasteiger partial charge on any atom is 0.416 e. The van der Waals surface area contributed by atoms with Crippen LogP contribution in [0.4, 0.5) is 18.9 Å². The summed E-state index contributed by atoms with van der Waals surface area (Å²) in [6.07, 6.45) is -4.79. The van der Waals surface area contributed by atoms with Crippen LogP contribution in [0, 0.1) is 0 Å². The normalized spacial score (nSPS) is 12.5. The highest BCUT2D eigenvalue weighted by atomic mass is 32.2. The minimum absolute atomic E-state index is 0.427. The molecule has 1 aromatic carbocycles. The summed E-state index contributed by atoms with van der Waals surface area (Å²) in [4.78, 5) is 10.8. The Morgan fingerprint density at radius 1 is 1.24 bits per heavy atom. The maximum absolute atomic E-state index is 12.7. The Morgan fingerprint density at radius 3 is 2.24 bits per heavy atom. The van der Waals surface area contributed by atoms with Crippen LogP contribution in [0.5, 0.6) is 0 Å².